The number of hydrogen-bond acceptors (Lipinski definition) is 8. The predicted molar refractivity (Wildman–Crippen MR) is 89.4 cm³/mol. The van der Waals surface area contributed by atoms with Gasteiger partial charge >= 0.3 is 11.7 Å². The fourth-order valence-electron chi connectivity index (χ4n) is 2.11. The molecule has 1 aromatic heterocycles. The molecule has 136 valence electrons. The number of nitrogens with one attached hydrogen (secondary N) is 2. The van der Waals surface area contributed by atoms with Crippen LogP contribution in [0.5, 0.6) is 17.5 Å². The molecule has 12 heteroatoms. The molecule has 0 radical (unpaired) electrons. The average molecular weight is 362 g/mol. The van der Waals surface area contributed by atoms with Crippen molar-refractivity contribution >= 4 is 23.0 Å². The van der Waals surface area contributed by atoms with Crippen LogP contribution in [0.4, 0.5) is 17.1 Å². The zero-order valence-electron chi connectivity index (χ0n) is 13.2. The number of rotatable bonds is 8. The molecule has 0 amide bonds. The van der Waals surface area contributed by atoms with Crippen molar-refractivity contribution in [2.45, 2.75) is 12.8 Å². The van der Waals surface area contributed by atoms with Gasteiger partial charge in [-0.25, -0.2) is 0 Å². The lowest BCUT2D eigenvalue weighted by atomic mass is 10.2. The van der Waals surface area contributed by atoms with Crippen LogP contribution in [0.2, 0.25) is 0 Å². The third-order valence-corrected chi connectivity index (χ3v) is 3.19. The summed E-state index contributed by atoms with van der Waals surface area (Å²) in [7, 11) is 0. The van der Waals surface area contributed by atoms with Gasteiger partial charge in [-0.05, 0) is 24.1 Å². The highest BCUT2D eigenvalue weighted by Crippen LogP contribution is 2.35. The smallest absolute Gasteiger partial charge is 0.311 e. The number of aromatic hydroxyl groups is 2. The molecule has 0 fully saturated rings. The third-order valence-electron chi connectivity index (χ3n) is 3.19. The summed E-state index contributed by atoms with van der Waals surface area (Å²) in [5.41, 5.74) is 8.14. The molecule has 26 heavy (non-hydrogen) atoms. The van der Waals surface area contributed by atoms with Gasteiger partial charge in [0.25, 0.3) is 0 Å². The van der Waals surface area contributed by atoms with Crippen LogP contribution < -0.4 is 10.1 Å². The molecule has 0 aliphatic rings. The number of aromatic nitrogens is 1. The van der Waals surface area contributed by atoms with Crippen molar-refractivity contribution in [3.05, 3.63) is 44.8 Å². The number of ether oxygens (including phenoxy) is 1. The lowest BCUT2D eigenvalue weighted by Crippen LogP contribution is -2.11. The Labute approximate surface area is 145 Å². The highest BCUT2D eigenvalue weighted by molar-refractivity contribution is 5.74. The normalized spacial score (nSPS) is 10.0. The van der Waals surface area contributed by atoms with Crippen LogP contribution in [0, 0.1) is 10.1 Å². The Morgan fingerprint density at radius 1 is 1.46 bits per heavy atom. The minimum atomic E-state index is -0.665. The second kappa shape index (κ2) is 8.26. The molecule has 0 unspecified atom stereocenters. The lowest BCUT2D eigenvalue weighted by Gasteiger charge is -2.08. The van der Waals surface area contributed by atoms with E-state index in [1.54, 1.807) is 0 Å². The fourth-order valence-corrected chi connectivity index (χ4v) is 2.11. The number of nitro benzene ring substituents is 1. The molecule has 4 N–H and O–H groups in total. The van der Waals surface area contributed by atoms with Crippen LogP contribution in [0.1, 0.15) is 12.8 Å². The molecule has 2 rings (SSSR count). The van der Waals surface area contributed by atoms with Crippen molar-refractivity contribution in [2.75, 3.05) is 11.9 Å². The molecular formula is C14H14N6O6. The van der Waals surface area contributed by atoms with Crippen molar-refractivity contribution in [3.8, 4) is 17.5 Å². The molecule has 0 aliphatic carbocycles. The molecule has 1 aromatic carbocycles. The first kappa shape index (κ1) is 18.4. The number of carbonyl (C=O) groups excluding carboxylic acids is 1. The van der Waals surface area contributed by atoms with Gasteiger partial charge in [0.1, 0.15) is 11.4 Å². The SMILES string of the molecule is [N-]=[N+]=Nc1cccc(NCCCC(=O)Oc2cc(O)[nH]c2O)c1[N+](=O)[O-]. The summed E-state index contributed by atoms with van der Waals surface area (Å²) in [5.74, 6) is -1.67. The van der Waals surface area contributed by atoms with Crippen LogP contribution in [0.25, 0.3) is 10.4 Å². The van der Waals surface area contributed by atoms with Crippen LogP contribution in [0.3, 0.4) is 0 Å². The van der Waals surface area contributed by atoms with Crippen molar-refractivity contribution in [3.63, 3.8) is 0 Å². The highest BCUT2D eigenvalue weighted by Gasteiger charge is 2.18. The van der Waals surface area contributed by atoms with E-state index in [1.807, 2.05) is 0 Å². The Kier molecular flexibility index (Phi) is 5.85. The fraction of sp³-hybridized carbons (Fsp3) is 0.214. The quantitative estimate of drug-likeness (QED) is 0.106. The van der Waals surface area contributed by atoms with Crippen LogP contribution >= 0.6 is 0 Å². The van der Waals surface area contributed by atoms with Crippen molar-refractivity contribution in [1.29, 1.82) is 0 Å². The average Bonchev–Trinajstić information content (AvgIpc) is 2.89. The minimum absolute atomic E-state index is 0.0395. The molecular weight excluding hydrogens is 348 g/mol. The number of nitrogens with zero attached hydrogens (tertiary/aromatic N) is 4. The molecule has 0 spiro atoms. The second-order valence-electron chi connectivity index (χ2n) is 4.99. The Morgan fingerprint density at radius 2 is 2.23 bits per heavy atom. The summed E-state index contributed by atoms with van der Waals surface area (Å²) in [6.07, 6.45) is 0.237. The highest BCUT2D eigenvalue weighted by atomic mass is 16.6. The number of hydrogen-bond donors (Lipinski definition) is 4. The number of aromatic amines is 1. The maximum Gasteiger partial charge on any atom is 0.311 e. The van der Waals surface area contributed by atoms with Crippen LogP contribution in [-0.2, 0) is 4.79 Å². The summed E-state index contributed by atoms with van der Waals surface area (Å²) < 4.78 is 4.86. The molecule has 0 saturated heterocycles. The van der Waals surface area contributed by atoms with Gasteiger partial charge in [0.2, 0.25) is 5.88 Å². The van der Waals surface area contributed by atoms with Gasteiger partial charge < -0.3 is 20.3 Å². The van der Waals surface area contributed by atoms with E-state index in [4.69, 9.17) is 15.4 Å². The van der Waals surface area contributed by atoms with Crippen molar-refractivity contribution < 1.29 is 24.7 Å². The third kappa shape index (κ3) is 4.55. The zero-order chi connectivity index (χ0) is 19.1. The first-order chi connectivity index (χ1) is 12.4. The molecule has 0 bridgehead atoms. The van der Waals surface area contributed by atoms with Gasteiger partial charge in [0, 0.05) is 23.9 Å². The maximum atomic E-state index is 11.7. The lowest BCUT2D eigenvalue weighted by molar-refractivity contribution is -0.383. The first-order valence-electron chi connectivity index (χ1n) is 7.30. The summed E-state index contributed by atoms with van der Waals surface area (Å²) in [5, 5.41) is 35.7. The van der Waals surface area contributed by atoms with E-state index >= 15 is 0 Å². The Hall–Kier alpha value is -3.92. The summed E-state index contributed by atoms with van der Waals surface area (Å²) >= 11 is 0. The summed E-state index contributed by atoms with van der Waals surface area (Å²) in [6.45, 7) is 0.208. The Balaban J connectivity index is 1.91. The van der Waals surface area contributed by atoms with E-state index in [0.717, 1.165) is 6.07 Å². The number of anilines is 1. The van der Waals surface area contributed by atoms with Gasteiger partial charge in [-0.1, -0.05) is 11.2 Å². The molecule has 0 saturated carbocycles. The number of esters is 1. The summed E-state index contributed by atoms with van der Waals surface area (Å²) in [6, 6.07) is 5.32. The van der Waals surface area contributed by atoms with Crippen molar-refractivity contribution in [1.82, 2.24) is 4.98 Å². The van der Waals surface area contributed by atoms with E-state index < -0.39 is 16.8 Å². The first-order valence-corrected chi connectivity index (χ1v) is 7.30. The van der Waals surface area contributed by atoms with E-state index in [2.05, 4.69) is 20.3 Å². The van der Waals surface area contributed by atoms with Gasteiger partial charge in [-0.3, -0.25) is 19.9 Å². The Morgan fingerprint density at radius 3 is 2.85 bits per heavy atom. The molecule has 2 aromatic rings. The van der Waals surface area contributed by atoms with Crippen molar-refractivity contribution in [2.24, 2.45) is 5.11 Å². The van der Waals surface area contributed by atoms with Crippen LogP contribution in [-0.4, -0.2) is 32.6 Å². The van der Waals surface area contributed by atoms with Gasteiger partial charge in [-0.2, -0.15) is 0 Å². The summed E-state index contributed by atoms with van der Waals surface area (Å²) in [4.78, 5) is 26.9. The minimum Gasteiger partial charge on any atom is -0.494 e. The molecule has 1 heterocycles. The van der Waals surface area contributed by atoms with Gasteiger partial charge in [-0.15, -0.1) is 0 Å². The maximum absolute atomic E-state index is 11.7. The Bertz CT molecular complexity index is 873. The number of nitro groups is 1. The number of azide groups is 1. The number of H-pyrrole nitrogens is 1. The van der Waals surface area contributed by atoms with Gasteiger partial charge in [0.15, 0.2) is 11.6 Å². The zero-order valence-corrected chi connectivity index (χ0v) is 13.2. The monoisotopic (exact) mass is 362 g/mol. The van der Waals surface area contributed by atoms with E-state index in [1.165, 1.54) is 18.2 Å². The number of benzene rings is 1. The van der Waals surface area contributed by atoms with Gasteiger partial charge in [0.05, 0.1) is 4.92 Å². The topological polar surface area (TPSA) is 186 Å². The largest absolute Gasteiger partial charge is 0.494 e. The van der Waals surface area contributed by atoms with E-state index in [0.29, 0.717) is 0 Å². The number of para-hydroxylation sites is 1. The van der Waals surface area contributed by atoms with E-state index in [-0.39, 0.29) is 48.1 Å². The molecule has 0 atom stereocenters. The molecule has 12 nitrogen and oxygen atoms in total. The van der Waals surface area contributed by atoms with Crippen LogP contribution in [0.15, 0.2) is 29.4 Å². The second-order valence-corrected chi connectivity index (χ2v) is 4.99. The standard InChI is InChI=1S/C14H14N6O6/c15-19-18-9-4-1-3-8(13(9)20(24)25)16-6-2-5-12(22)26-10-7-11(21)17-14(10)23/h1,3-4,7,16-17,21,23H,2,5-6H2. The van der Waals surface area contributed by atoms with E-state index in [9.17, 15) is 20.0 Å². The number of carbonyl (C=O) groups is 1. The predicted octanol–water partition coefficient (Wildman–Crippen LogP) is 3.07. The molecule has 0 aliphatic heterocycles.